The van der Waals surface area contributed by atoms with Crippen LogP contribution in [-0.2, 0) is 0 Å². The number of halogens is 1. The standard InChI is InChI=1S/C13H11BrN2O3/c1-6-4-9(14)7(2)3-8(6)12(17)10-11(13(18)19)16-5-15-10/h3-5H,1-2H3,(H,15,16)(H,18,19). The average molecular weight is 323 g/mol. The normalized spacial score (nSPS) is 10.5. The minimum Gasteiger partial charge on any atom is -0.477 e. The van der Waals surface area contributed by atoms with Gasteiger partial charge in [0.05, 0.1) is 6.33 Å². The van der Waals surface area contributed by atoms with Gasteiger partial charge >= 0.3 is 5.97 Å². The maximum absolute atomic E-state index is 12.4. The Bertz CT molecular complexity index is 677. The molecule has 0 amide bonds. The highest BCUT2D eigenvalue weighted by Crippen LogP contribution is 2.23. The van der Waals surface area contributed by atoms with Crippen LogP contribution in [0.3, 0.4) is 0 Å². The van der Waals surface area contributed by atoms with E-state index < -0.39 is 11.8 Å². The Morgan fingerprint density at radius 3 is 2.58 bits per heavy atom. The fourth-order valence-corrected chi connectivity index (χ4v) is 2.24. The van der Waals surface area contributed by atoms with E-state index in [0.717, 1.165) is 15.6 Å². The number of imidazole rings is 1. The van der Waals surface area contributed by atoms with Gasteiger partial charge in [0, 0.05) is 10.0 Å². The second-order valence-corrected chi connectivity index (χ2v) is 5.03. The van der Waals surface area contributed by atoms with Crippen molar-refractivity contribution in [3.05, 3.63) is 51.0 Å². The van der Waals surface area contributed by atoms with Gasteiger partial charge in [-0.15, -0.1) is 0 Å². The van der Waals surface area contributed by atoms with Crippen LogP contribution in [0, 0.1) is 13.8 Å². The summed E-state index contributed by atoms with van der Waals surface area (Å²) in [6.45, 7) is 3.66. The van der Waals surface area contributed by atoms with Crippen molar-refractivity contribution in [1.82, 2.24) is 9.97 Å². The number of H-pyrrole nitrogens is 1. The van der Waals surface area contributed by atoms with Gasteiger partial charge in [0.15, 0.2) is 5.69 Å². The van der Waals surface area contributed by atoms with Gasteiger partial charge in [-0.05, 0) is 37.1 Å². The zero-order valence-electron chi connectivity index (χ0n) is 10.3. The smallest absolute Gasteiger partial charge is 0.354 e. The molecule has 2 rings (SSSR count). The number of aromatic amines is 1. The summed E-state index contributed by atoms with van der Waals surface area (Å²) in [6, 6.07) is 3.55. The first-order chi connectivity index (χ1) is 8.91. The lowest BCUT2D eigenvalue weighted by Crippen LogP contribution is -2.11. The molecule has 0 aliphatic heterocycles. The van der Waals surface area contributed by atoms with Crippen LogP contribution in [0.4, 0.5) is 0 Å². The number of carboxylic acids is 1. The Morgan fingerprint density at radius 2 is 1.95 bits per heavy atom. The number of carbonyl (C=O) groups is 2. The van der Waals surface area contributed by atoms with Crippen LogP contribution >= 0.6 is 15.9 Å². The number of aromatic carboxylic acids is 1. The lowest BCUT2D eigenvalue weighted by molar-refractivity contribution is 0.0687. The number of nitrogens with zero attached hydrogens (tertiary/aromatic N) is 1. The molecule has 0 spiro atoms. The van der Waals surface area contributed by atoms with Crippen LogP contribution in [0.5, 0.6) is 0 Å². The Balaban J connectivity index is 2.53. The number of rotatable bonds is 3. The Labute approximate surface area is 117 Å². The zero-order chi connectivity index (χ0) is 14.2. The minimum absolute atomic E-state index is 0.0719. The van der Waals surface area contributed by atoms with Crippen molar-refractivity contribution in [2.45, 2.75) is 13.8 Å². The Morgan fingerprint density at radius 1 is 1.26 bits per heavy atom. The molecule has 1 aromatic carbocycles. The monoisotopic (exact) mass is 322 g/mol. The molecule has 2 N–H and O–H groups in total. The third-order valence-corrected chi connectivity index (χ3v) is 3.67. The number of nitrogens with one attached hydrogen (secondary N) is 1. The van der Waals surface area contributed by atoms with E-state index in [1.807, 2.05) is 13.0 Å². The third-order valence-electron chi connectivity index (χ3n) is 2.82. The number of aryl methyl sites for hydroxylation is 2. The summed E-state index contributed by atoms with van der Waals surface area (Å²) < 4.78 is 0.905. The van der Waals surface area contributed by atoms with Crippen molar-refractivity contribution in [3.63, 3.8) is 0 Å². The summed E-state index contributed by atoms with van der Waals surface area (Å²) >= 11 is 3.39. The molecule has 0 saturated heterocycles. The van der Waals surface area contributed by atoms with Gasteiger partial charge in [-0.3, -0.25) is 4.79 Å². The van der Waals surface area contributed by atoms with Crippen molar-refractivity contribution in [2.24, 2.45) is 0 Å². The number of ketones is 1. The molecule has 1 aromatic heterocycles. The maximum Gasteiger partial charge on any atom is 0.354 e. The molecule has 0 bridgehead atoms. The molecule has 19 heavy (non-hydrogen) atoms. The van der Waals surface area contributed by atoms with Gasteiger partial charge in [0.2, 0.25) is 5.78 Å². The highest BCUT2D eigenvalue weighted by Gasteiger charge is 2.22. The molecule has 2 aromatic rings. The number of hydrogen-bond donors (Lipinski definition) is 2. The van der Waals surface area contributed by atoms with Crippen molar-refractivity contribution in [3.8, 4) is 0 Å². The molecular weight excluding hydrogens is 312 g/mol. The second kappa shape index (κ2) is 4.97. The first-order valence-corrected chi connectivity index (χ1v) is 6.29. The zero-order valence-corrected chi connectivity index (χ0v) is 11.9. The van der Waals surface area contributed by atoms with Crippen LogP contribution in [0.1, 0.15) is 37.7 Å². The van der Waals surface area contributed by atoms with Crippen LogP contribution in [0.2, 0.25) is 0 Å². The van der Waals surface area contributed by atoms with Crippen molar-refractivity contribution >= 4 is 27.7 Å². The number of benzene rings is 1. The maximum atomic E-state index is 12.4. The molecule has 0 saturated carbocycles. The summed E-state index contributed by atoms with van der Waals surface area (Å²) in [7, 11) is 0. The number of carbonyl (C=O) groups excluding carboxylic acids is 1. The van der Waals surface area contributed by atoms with Gasteiger partial charge in [-0.2, -0.15) is 0 Å². The van der Waals surface area contributed by atoms with Gasteiger partial charge in [-0.25, -0.2) is 9.78 Å². The predicted octanol–water partition coefficient (Wildman–Crippen LogP) is 2.72. The molecule has 0 unspecified atom stereocenters. The van der Waals surface area contributed by atoms with E-state index in [-0.39, 0.29) is 11.4 Å². The molecule has 0 fully saturated rings. The Hall–Kier alpha value is -1.95. The summed E-state index contributed by atoms with van der Waals surface area (Å²) in [5.74, 6) is -1.60. The SMILES string of the molecule is Cc1cc(C(=O)c2nc[nH]c2C(=O)O)c(C)cc1Br. The molecule has 98 valence electrons. The Kier molecular flexibility index (Phi) is 3.53. The third kappa shape index (κ3) is 2.44. The van der Waals surface area contributed by atoms with E-state index in [4.69, 9.17) is 5.11 Å². The van der Waals surface area contributed by atoms with E-state index in [0.29, 0.717) is 5.56 Å². The summed E-state index contributed by atoms with van der Waals surface area (Å²) in [5, 5.41) is 8.99. The number of hydrogen-bond acceptors (Lipinski definition) is 3. The molecule has 0 atom stereocenters. The highest BCUT2D eigenvalue weighted by atomic mass is 79.9. The van der Waals surface area contributed by atoms with Gasteiger partial charge in [0.25, 0.3) is 0 Å². The van der Waals surface area contributed by atoms with E-state index in [2.05, 4.69) is 25.9 Å². The first-order valence-electron chi connectivity index (χ1n) is 5.50. The highest BCUT2D eigenvalue weighted by molar-refractivity contribution is 9.10. The molecule has 6 heteroatoms. The van der Waals surface area contributed by atoms with Crippen LogP contribution < -0.4 is 0 Å². The molecular formula is C13H11BrN2O3. The van der Waals surface area contributed by atoms with E-state index in [1.54, 1.807) is 13.0 Å². The van der Waals surface area contributed by atoms with E-state index in [9.17, 15) is 9.59 Å². The fourth-order valence-electron chi connectivity index (χ4n) is 1.78. The van der Waals surface area contributed by atoms with Crippen LogP contribution in [-0.4, -0.2) is 26.8 Å². The topological polar surface area (TPSA) is 83.0 Å². The fraction of sp³-hybridized carbons (Fsp3) is 0.154. The number of aromatic nitrogens is 2. The largest absolute Gasteiger partial charge is 0.477 e. The lowest BCUT2D eigenvalue weighted by atomic mass is 9.99. The van der Waals surface area contributed by atoms with E-state index in [1.165, 1.54) is 6.33 Å². The molecule has 0 radical (unpaired) electrons. The van der Waals surface area contributed by atoms with Crippen molar-refractivity contribution < 1.29 is 14.7 Å². The molecule has 0 aliphatic carbocycles. The average Bonchev–Trinajstić information content (AvgIpc) is 2.82. The van der Waals surface area contributed by atoms with Crippen molar-refractivity contribution in [1.29, 1.82) is 0 Å². The first kappa shape index (κ1) is 13.5. The molecule has 0 aliphatic rings. The van der Waals surface area contributed by atoms with Gasteiger partial charge in [-0.1, -0.05) is 15.9 Å². The molecule has 5 nitrogen and oxygen atoms in total. The van der Waals surface area contributed by atoms with Gasteiger partial charge < -0.3 is 10.1 Å². The number of carboxylic acid groups (broad SMARTS) is 1. The van der Waals surface area contributed by atoms with E-state index >= 15 is 0 Å². The second-order valence-electron chi connectivity index (χ2n) is 4.18. The summed E-state index contributed by atoms with van der Waals surface area (Å²) in [4.78, 5) is 29.6. The minimum atomic E-state index is -1.20. The van der Waals surface area contributed by atoms with Crippen LogP contribution in [0.15, 0.2) is 22.9 Å². The summed E-state index contributed by atoms with van der Waals surface area (Å²) in [6.07, 6.45) is 1.21. The van der Waals surface area contributed by atoms with Crippen molar-refractivity contribution in [2.75, 3.05) is 0 Å². The molecule has 1 heterocycles. The lowest BCUT2D eigenvalue weighted by Gasteiger charge is -2.07. The van der Waals surface area contributed by atoms with Gasteiger partial charge in [0.1, 0.15) is 5.69 Å². The predicted molar refractivity (Wildman–Crippen MR) is 72.6 cm³/mol. The quantitative estimate of drug-likeness (QED) is 0.851. The van der Waals surface area contributed by atoms with Crippen LogP contribution in [0.25, 0.3) is 0 Å². The summed E-state index contributed by atoms with van der Waals surface area (Å²) in [5.41, 5.74) is 1.86.